The number of ether oxygens (including phenoxy) is 3. The number of aliphatic hydroxyl groups is 1. The fourth-order valence-electron chi connectivity index (χ4n) is 2.37. The predicted octanol–water partition coefficient (Wildman–Crippen LogP) is 2.88. The van der Waals surface area contributed by atoms with Crippen LogP contribution in [0, 0.1) is 0 Å². The lowest BCUT2D eigenvalue weighted by Gasteiger charge is -2.13. The number of hydrogen-bond donors (Lipinski definition) is 2. The number of nitrogens with one attached hydrogen (secondary N) is 1. The number of fused-ring (bicyclic) bond motifs is 2. The summed E-state index contributed by atoms with van der Waals surface area (Å²) in [5, 5.41) is 14.0. The lowest BCUT2D eigenvalue weighted by molar-refractivity contribution is 0.117. The van der Waals surface area contributed by atoms with E-state index >= 15 is 0 Å². The van der Waals surface area contributed by atoms with Gasteiger partial charge >= 0.3 is 0 Å². The molecule has 0 saturated heterocycles. The van der Waals surface area contributed by atoms with Crippen molar-refractivity contribution in [2.45, 2.75) is 6.10 Å². The Hall–Kier alpha value is -2.51. The van der Waals surface area contributed by atoms with E-state index in [2.05, 4.69) is 10.3 Å². The molecule has 6 nitrogen and oxygen atoms in total. The summed E-state index contributed by atoms with van der Waals surface area (Å²) in [4.78, 5) is 4.47. The summed E-state index contributed by atoms with van der Waals surface area (Å²) in [7, 11) is 0. The van der Waals surface area contributed by atoms with Crippen LogP contribution in [0.4, 0.5) is 5.13 Å². The summed E-state index contributed by atoms with van der Waals surface area (Å²) < 4.78 is 17.3. The van der Waals surface area contributed by atoms with Crippen LogP contribution in [0.15, 0.2) is 42.5 Å². The second kappa shape index (κ2) is 6.54. The van der Waals surface area contributed by atoms with Gasteiger partial charge in [-0.05, 0) is 24.3 Å². The molecule has 24 heavy (non-hydrogen) atoms. The number of para-hydroxylation sites is 1. The van der Waals surface area contributed by atoms with Gasteiger partial charge in [0.15, 0.2) is 16.6 Å². The number of benzene rings is 2. The van der Waals surface area contributed by atoms with Crippen molar-refractivity contribution in [2.75, 3.05) is 25.3 Å². The van der Waals surface area contributed by atoms with Crippen LogP contribution in [0.2, 0.25) is 0 Å². The lowest BCUT2D eigenvalue weighted by atomic mass is 10.3. The Morgan fingerprint density at radius 2 is 2.08 bits per heavy atom. The van der Waals surface area contributed by atoms with Gasteiger partial charge in [0.05, 0.1) is 10.2 Å². The summed E-state index contributed by atoms with van der Waals surface area (Å²) >= 11 is 1.56. The van der Waals surface area contributed by atoms with E-state index in [1.54, 1.807) is 29.5 Å². The molecule has 0 fully saturated rings. The van der Waals surface area contributed by atoms with E-state index in [9.17, 15) is 5.11 Å². The predicted molar refractivity (Wildman–Crippen MR) is 92.2 cm³/mol. The Bertz CT molecular complexity index is 818. The minimum Gasteiger partial charge on any atom is -0.491 e. The molecule has 0 aliphatic carbocycles. The van der Waals surface area contributed by atoms with Crippen LogP contribution in [0.3, 0.4) is 0 Å². The van der Waals surface area contributed by atoms with Crippen molar-refractivity contribution in [1.82, 2.24) is 4.98 Å². The van der Waals surface area contributed by atoms with Gasteiger partial charge in [0.25, 0.3) is 0 Å². The van der Waals surface area contributed by atoms with Crippen molar-refractivity contribution in [1.29, 1.82) is 0 Å². The highest BCUT2D eigenvalue weighted by Crippen LogP contribution is 2.35. The first-order valence-corrected chi connectivity index (χ1v) is 8.39. The third-order valence-corrected chi connectivity index (χ3v) is 4.56. The second-order valence-corrected chi connectivity index (χ2v) is 6.38. The highest BCUT2D eigenvalue weighted by atomic mass is 32.1. The first-order valence-electron chi connectivity index (χ1n) is 7.58. The Morgan fingerprint density at radius 3 is 3.00 bits per heavy atom. The standard InChI is InChI=1S/C17H16N2O4S/c20-11(8-18-17-19-13-3-1-2-4-16(13)24-17)9-21-12-5-6-14-15(7-12)23-10-22-14/h1-7,11,20H,8-10H2,(H,18,19). The molecule has 7 heteroatoms. The smallest absolute Gasteiger partial charge is 0.231 e. The van der Waals surface area contributed by atoms with Crippen molar-refractivity contribution in [3.05, 3.63) is 42.5 Å². The molecule has 1 atom stereocenters. The Balaban J connectivity index is 1.29. The fourth-order valence-corrected chi connectivity index (χ4v) is 3.24. The van der Waals surface area contributed by atoms with Crippen molar-refractivity contribution >= 4 is 26.7 Å². The molecular weight excluding hydrogens is 328 g/mol. The van der Waals surface area contributed by atoms with Gasteiger partial charge in [0.1, 0.15) is 18.5 Å². The van der Waals surface area contributed by atoms with E-state index in [1.807, 2.05) is 24.3 Å². The van der Waals surface area contributed by atoms with Crippen LogP contribution >= 0.6 is 11.3 Å². The number of anilines is 1. The third-order valence-electron chi connectivity index (χ3n) is 3.57. The Morgan fingerprint density at radius 1 is 1.21 bits per heavy atom. The van der Waals surface area contributed by atoms with E-state index in [1.165, 1.54) is 0 Å². The van der Waals surface area contributed by atoms with Gasteiger partial charge in [-0.1, -0.05) is 23.5 Å². The molecule has 1 unspecified atom stereocenters. The third kappa shape index (κ3) is 3.22. The quantitative estimate of drug-likeness (QED) is 0.716. The number of thiazole rings is 1. The molecular formula is C17H16N2O4S. The minimum absolute atomic E-state index is 0.178. The van der Waals surface area contributed by atoms with E-state index in [0.29, 0.717) is 23.8 Å². The number of rotatable bonds is 6. The molecule has 3 aromatic rings. The molecule has 0 saturated carbocycles. The van der Waals surface area contributed by atoms with Crippen LogP contribution in [-0.4, -0.2) is 36.1 Å². The Labute approximate surface area is 142 Å². The zero-order valence-corrected chi connectivity index (χ0v) is 13.6. The second-order valence-electron chi connectivity index (χ2n) is 5.35. The summed E-state index contributed by atoms with van der Waals surface area (Å²) in [6.07, 6.45) is -0.651. The molecule has 124 valence electrons. The molecule has 0 spiro atoms. The van der Waals surface area contributed by atoms with Gasteiger partial charge in [-0.25, -0.2) is 4.98 Å². The van der Waals surface area contributed by atoms with Crippen molar-refractivity contribution in [3.8, 4) is 17.2 Å². The van der Waals surface area contributed by atoms with Crippen LogP contribution < -0.4 is 19.5 Å². The van der Waals surface area contributed by atoms with E-state index in [0.717, 1.165) is 15.3 Å². The molecule has 1 aromatic heterocycles. The van der Waals surface area contributed by atoms with Gasteiger partial charge in [0, 0.05) is 12.6 Å². The first kappa shape index (κ1) is 15.0. The van der Waals surface area contributed by atoms with E-state index in [-0.39, 0.29) is 13.4 Å². The summed E-state index contributed by atoms with van der Waals surface area (Å²) in [6.45, 7) is 0.773. The van der Waals surface area contributed by atoms with E-state index < -0.39 is 6.10 Å². The molecule has 2 N–H and O–H groups in total. The monoisotopic (exact) mass is 344 g/mol. The van der Waals surface area contributed by atoms with Gasteiger partial charge in [-0.2, -0.15) is 0 Å². The van der Waals surface area contributed by atoms with Crippen LogP contribution in [0.5, 0.6) is 17.2 Å². The number of aliphatic hydroxyl groups excluding tert-OH is 1. The minimum atomic E-state index is -0.651. The number of nitrogens with zero attached hydrogens (tertiary/aromatic N) is 1. The highest BCUT2D eigenvalue weighted by Gasteiger charge is 2.14. The Kier molecular flexibility index (Phi) is 4.10. The molecule has 0 radical (unpaired) electrons. The molecule has 0 bridgehead atoms. The maximum atomic E-state index is 10.1. The molecule has 1 aliphatic heterocycles. The van der Waals surface area contributed by atoms with Gasteiger partial charge in [-0.15, -0.1) is 0 Å². The summed E-state index contributed by atoms with van der Waals surface area (Å²) in [5.41, 5.74) is 0.955. The van der Waals surface area contributed by atoms with Crippen molar-refractivity contribution < 1.29 is 19.3 Å². The van der Waals surface area contributed by atoms with Crippen molar-refractivity contribution in [2.24, 2.45) is 0 Å². The largest absolute Gasteiger partial charge is 0.491 e. The van der Waals surface area contributed by atoms with Gasteiger partial charge in [-0.3, -0.25) is 0 Å². The SMILES string of the molecule is OC(CNc1nc2ccccc2s1)COc1ccc2c(c1)OCO2. The average molecular weight is 344 g/mol. The molecule has 2 aromatic carbocycles. The maximum Gasteiger partial charge on any atom is 0.231 e. The summed E-state index contributed by atoms with van der Waals surface area (Å²) in [5.74, 6) is 2.01. The van der Waals surface area contributed by atoms with Crippen LogP contribution in [0.25, 0.3) is 10.2 Å². The molecule has 2 heterocycles. The van der Waals surface area contributed by atoms with Gasteiger partial charge in [0.2, 0.25) is 6.79 Å². The normalized spacial score (nSPS) is 13.9. The zero-order chi connectivity index (χ0) is 16.4. The molecule has 0 amide bonds. The lowest BCUT2D eigenvalue weighted by Crippen LogP contribution is -2.26. The van der Waals surface area contributed by atoms with E-state index in [4.69, 9.17) is 14.2 Å². The first-order chi connectivity index (χ1) is 11.8. The van der Waals surface area contributed by atoms with Crippen LogP contribution in [0.1, 0.15) is 0 Å². The number of hydrogen-bond acceptors (Lipinski definition) is 7. The molecule has 1 aliphatic rings. The van der Waals surface area contributed by atoms with Crippen LogP contribution in [-0.2, 0) is 0 Å². The number of aromatic nitrogens is 1. The molecule has 4 rings (SSSR count). The highest BCUT2D eigenvalue weighted by molar-refractivity contribution is 7.22. The summed E-state index contributed by atoms with van der Waals surface area (Å²) in [6, 6.07) is 13.3. The zero-order valence-electron chi connectivity index (χ0n) is 12.8. The maximum absolute atomic E-state index is 10.1. The van der Waals surface area contributed by atoms with Crippen molar-refractivity contribution in [3.63, 3.8) is 0 Å². The topological polar surface area (TPSA) is 72.8 Å². The fraction of sp³-hybridized carbons (Fsp3) is 0.235. The van der Waals surface area contributed by atoms with Gasteiger partial charge < -0.3 is 24.6 Å². The average Bonchev–Trinajstić information content (AvgIpc) is 3.23.